The predicted octanol–water partition coefficient (Wildman–Crippen LogP) is 0.965. The quantitative estimate of drug-likeness (QED) is 0.747. The number of aliphatic carboxylic acids is 1. The van der Waals surface area contributed by atoms with Crippen LogP contribution in [0.15, 0.2) is 24.3 Å². The summed E-state index contributed by atoms with van der Waals surface area (Å²) in [5, 5.41) is 12.1. The molecule has 1 heterocycles. The number of morpholine rings is 1. The molecular formula is C18H24N2O6. The highest BCUT2D eigenvalue weighted by molar-refractivity contribution is 5.85. The second-order valence-corrected chi connectivity index (χ2v) is 5.94. The lowest BCUT2D eigenvalue weighted by Crippen LogP contribution is -2.53. The molecule has 2 unspecified atom stereocenters. The summed E-state index contributed by atoms with van der Waals surface area (Å²) >= 11 is 0. The number of rotatable bonds is 7. The van der Waals surface area contributed by atoms with Crippen molar-refractivity contribution in [1.29, 1.82) is 0 Å². The average molecular weight is 364 g/mol. The molecule has 2 atom stereocenters. The van der Waals surface area contributed by atoms with Crippen LogP contribution in [0, 0.1) is 0 Å². The number of para-hydroxylation sites is 1. The van der Waals surface area contributed by atoms with Crippen LogP contribution >= 0.6 is 0 Å². The summed E-state index contributed by atoms with van der Waals surface area (Å²) in [6, 6.07) is 5.53. The van der Waals surface area contributed by atoms with Crippen LogP contribution in [0.2, 0.25) is 0 Å². The van der Waals surface area contributed by atoms with Gasteiger partial charge in [0.1, 0.15) is 5.75 Å². The molecule has 0 saturated carbocycles. The van der Waals surface area contributed by atoms with E-state index in [2.05, 4.69) is 5.32 Å². The van der Waals surface area contributed by atoms with Crippen LogP contribution < -0.4 is 10.1 Å². The van der Waals surface area contributed by atoms with Crippen molar-refractivity contribution >= 4 is 17.8 Å². The zero-order chi connectivity index (χ0) is 19.1. The normalized spacial score (nSPS) is 18.1. The monoisotopic (exact) mass is 364 g/mol. The van der Waals surface area contributed by atoms with Crippen LogP contribution in [-0.4, -0.2) is 60.2 Å². The molecule has 2 rings (SSSR count). The molecule has 2 amide bonds. The van der Waals surface area contributed by atoms with Crippen LogP contribution in [0.4, 0.5) is 0 Å². The summed E-state index contributed by atoms with van der Waals surface area (Å²) in [5.41, 5.74) is 0.679. The van der Waals surface area contributed by atoms with Gasteiger partial charge in [-0.25, -0.2) is 4.79 Å². The lowest BCUT2D eigenvalue weighted by atomic mass is 10.0. The molecule has 1 fully saturated rings. The molecule has 1 aliphatic heterocycles. The number of hydrogen-bond acceptors (Lipinski definition) is 5. The molecule has 0 bridgehead atoms. The maximum atomic E-state index is 12.8. The van der Waals surface area contributed by atoms with Gasteiger partial charge in [0, 0.05) is 19.0 Å². The van der Waals surface area contributed by atoms with Gasteiger partial charge in [-0.1, -0.05) is 18.2 Å². The summed E-state index contributed by atoms with van der Waals surface area (Å²) in [5.74, 6) is -1.17. The van der Waals surface area contributed by atoms with Crippen LogP contribution in [-0.2, 0) is 19.1 Å². The number of ether oxygens (including phenoxy) is 2. The Morgan fingerprint density at radius 1 is 1.38 bits per heavy atom. The Kier molecular flexibility index (Phi) is 6.97. The summed E-state index contributed by atoms with van der Waals surface area (Å²) < 4.78 is 10.8. The third-order valence-electron chi connectivity index (χ3n) is 4.08. The minimum Gasteiger partial charge on any atom is -0.494 e. The Labute approximate surface area is 152 Å². The van der Waals surface area contributed by atoms with Crippen LogP contribution in [0.3, 0.4) is 0 Å². The molecule has 0 aromatic heterocycles. The van der Waals surface area contributed by atoms with Crippen molar-refractivity contribution in [2.24, 2.45) is 0 Å². The molecule has 8 nitrogen and oxygen atoms in total. The second kappa shape index (κ2) is 9.19. The van der Waals surface area contributed by atoms with Crippen molar-refractivity contribution in [2.45, 2.75) is 32.4 Å². The Morgan fingerprint density at radius 3 is 2.77 bits per heavy atom. The fraction of sp³-hybridized carbons (Fsp3) is 0.500. The van der Waals surface area contributed by atoms with E-state index in [9.17, 15) is 19.5 Å². The number of benzene rings is 1. The van der Waals surface area contributed by atoms with Gasteiger partial charge in [-0.05, 0) is 13.0 Å². The van der Waals surface area contributed by atoms with Gasteiger partial charge in [-0.15, -0.1) is 0 Å². The number of carbonyl (C=O) groups excluding carboxylic acids is 2. The maximum Gasteiger partial charge on any atom is 0.328 e. The lowest BCUT2D eigenvalue weighted by Gasteiger charge is -2.34. The molecule has 142 valence electrons. The Morgan fingerprint density at radius 2 is 2.12 bits per heavy atom. The van der Waals surface area contributed by atoms with Gasteiger partial charge in [-0.2, -0.15) is 0 Å². The molecule has 26 heavy (non-hydrogen) atoms. The zero-order valence-electron chi connectivity index (χ0n) is 14.9. The molecule has 1 aromatic rings. The highest BCUT2D eigenvalue weighted by Gasteiger charge is 2.34. The fourth-order valence-corrected chi connectivity index (χ4v) is 2.94. The molecule has 0 aliphatic carbocycles. The van der Waals surface area contributed by atoms with E-state index in [4.69, 9.17) is 9.47 Å². The summed E-state index contributed by atoms with van der Waals surface area (Å²) in [6.07, 6.45) is -0.0621. The van der Waals surface area contributed by atoms with Gasteiger partial charge in [0.05, 0.1) is 32.3 Å². The fourth-order valence-electron chi connectivity index (χ4n) is 2.94. The predicted molar refractivity (Wildman–Crippen MR) is 92.7 cm³/mol. The van der Waals surface area contributed by atoms with Gasteiger partial charge < -0.3 is 24.8 Å². The molecule has 1 saturated heterocycles. The number of carboxylic acids is 1. The molecule has 2 N–H and O–H groups in total. The van der Waals surface area contributed by atoms with Gasteiger partial charge in [0.25, 0.3) is 0 Å². The Bertz CT molecular complexity index is 663. The molecule has 1 aliphatic rings. The van der Waals surface area contributed by atoms with Gasteiger partial charge in [0.2, 0.25) is 11.8 Å². The van der Waals surface area contributed by atoms with Crippen LogP contribution in [0.5, 0.6) is 5.75 Å². The number of carboxylic acid groups (broad SMARTS) is 1. The highest BCUT2D eigenvalue weighted by atomic mass is 16.5. The Balaban J connectivity index is 2.23. The van der Waals surface area contributed by atoms with E-state index in [-0.39, 0.29) is 38.0 Å². The van der Waals surface area contributed by atoms with Crippen molar-refractivity contribution in [3.05, 3.63) is 29.8 Å². The summed E-state index contributed by atoms with van der Waals surface area (Å²) in [7, 11) is 0. The topological polar surface area (TPSA) is 105 Å². The van der Waals surface area contributed by atoms with Gasteiger partial charge in [-0.3, -0.25) is 9.59 Å². The van der Waals surface area contributed by atoms with E-state index < -0.39 is 18.1 Å². The second-order valence-electron chi connectivity index (χ2n) is 5.94. The maximum absolute atomic E-state index is 12.8. The largest absolute Gasteiger partial charge is 0.494 e. The lowest BCUT2D eigenvalue weighted by molar-refractivity contribution is -0.158. The number of hydrogen-bond donors (Lipinski definition) is 2. The van der Waals surface area contributed by atoms with Crippen molar-refractivity contribution in [3.8, 4) is 5.75 Å². The smallest absolute Gasteiger partial charge is 0.328 e. The van der Waals surface area contributed by atoms with E-state index in [0.717, 1.165) is 0 Å². The van der Waals surface area contributed by atoms with Crippen molar-refractivity contribution < 1.29 is 29.0 Å². The third kappa shape index (κ3) is 4.95. The van der Waals surface area contributed by atoms with E-state index in [1.54, 1.807) is 18.2 Å². The summed E-state index contributed by atoms with van der Waals surface area (Å²) in [6.45, 7) is 4.12. The molecule has 0 radical (unpaired) electrons. The van der Waals surface area contributed by atoms with Crippen molar-refractivity contribution in [2.75, 3.05) is 26.4 Å². The average Bonchev–Trinajstić information content (AvgIpc) is 2.61. The first-order chi connectivity index (χ1) is 12.4. The van der Waals surface area contributed by atoms with E-state index >= 15 is 0 Å². The van der Waals surface area contributed by atoms with E-state index in [1.165, 1.54) is 11.8 Å². The molecular weight excluding hydrogens is 340 g/mol. The third-order valence-corrected chi connectivity index (χ3v) is 4.08. The number of amides is 2. The van der Waals surface area contributed by atoms with Crippen LogP contribution in [0.25, 0.3) is 0 Å². The first kappa shape index (κ1) is 19.7. The van der Waals surface area contributed by atoms with E-state index in [0.29, 0.717) is 17.9 Å². The van der Waals surface area contributed by atoms with Gasteiger partial charge >= 0.3 is 5.97 Å². The number of nitrogens with one attached hydrogen (secondary N) is 1. The molecule has 0 spiro atoms. The van der Waals surface area contributed by atoms with Crippen LogP contribution in [0.1, 0.15) is 31.9 Å². The number of nitrogens with zero attached hydrogens (tertiary/aromatic N) is 1. The molecule has 1 aromatic carbocycles. The number of carbonyl (C=O) groups is 3. The minimum atomic E-state index is -1.11. The van der Waals surface area contributed by atoms with Crippen molar-refractivity contribution in [3.63, 3.8) is 0 Å². The highest BCUT2D eigenvalue weighted by Crippen LogP contribution is 2.28. The Hall–Kier alpha value is -2.61. The SMILES string of the molecule is CCOc1ccccc1C(CC(=O)N1CCOCC1C(=O)O)NC(C)=O. The first-order valence-corrected chi connectivity index (χ1v) is 8.52. The first-order valence-electron chi connectivity index (χ1n) is 8.52. The standard InChI is InChI=1S/C18H24N2O6/c1-3-26-16-7-5-4-6-13(16)14(19-12(2)21)10-17(22)20-8-9-25-11-15(20)18(23)24/h4-7,14-15H,3,8-11H2,1-2H3,(H,19,21)(H,23,24). The minimum absolute atomic E-state index is 0.0403. The van der Waals surface area contributed by atoms with Gasteiger partial charge in [0.15, 0.2) is 6.04 Å². The molecule has 8 heteroatoms. The summed E-state index contributed by atoms with van der Waals surface area (Å²) in [4.78, 5) is 37.1. The zero-order valence-corrected chi connectivity index (χ0v) is 14.9. The van der Waals surface area contributed by atoms with Crippen molar-refractivity contribution in [1.82, 2.24) is 10.2 Å². The van der Waals surface area contributed by atoms with E-state index in [1.807, 2.05) is 13.0 Å².